The molecule has 9 heteroatoms. The van der Waals surface area contributed by atoms with Gasteiger partial charge in [-0.25, -0.2) is 9.67 Å². The molecule has 0 fully saturated rings. The molecule has 0 radical (unpaired) electrons. The van der Waals surface area contributed by atoms with Crippen LogP contribution in [0.15, 0.2) is 12.4 Å². The fourth-order valence-electron chi connectivity index (χ4n) is 1.54. The lowest BCUT2D eigenvalue weighted by molar-refractivity contribution is 0.0563. The zero-order valence-electron chi connectivity index (χ0n) is 10.7. The molecule has 0 bridgehead atoms. The van der Waals surface area contributed by atoms with Crippen molar-refractivity contribution >= 4 is 17.5 Å². The smallest absolute Gasteiger partial charge is 0.333 e. The summed E-state index contributed by atoms with van der Waals surface area (Å²) in [5.74, 6) is 0.536. The van der Waals surface area contributed by atoms with Crippen LogP contribution in [0, 0.1) is 18.3 Å². The number of nitrogens with zero attached hydrogens (tertiary/aromatic N) is 5. The molecule has 0 aromatic carbocycles. The number of hydrogen-bond donors (Lipinski definition) is 2. The Kier molecular flexibility index (Phi) is 3.74. The SMILES string of the molecule is CNc1nc(Nc2cn(C(F)F)nc2C)ncc1C#N. The molecule has 0 atom stereocenters. The van der Waals surface area contributed by atoms with Crippen LogP contribution in [0.2, 0.25) is 0 Å². The number of aryl methyl sites for hydroxylation is 1. The molecule has 0 saturated carbocycles. The molecular weight excluding hydrogens is 268 g/mol. The Labute approximate surface area is 113 Å². The van der Waals surface area contributed by atoms with Gasteiger partial charge in [0, 0.05) is 7.05 Å². The molecule has 0 aliphatic heterocycles. The van der Waals surface area contributed by atoms with Crippen LogP contribution in [0.25, 0.3) is 0 Å². The number of hydrogen-bond acceptors (Lipinski definition) is 6. The lowest BCUT2D eigenvalue weighted by Crippen LogP contribution is -2.03. The molecule has 0 spiro atoms. The Hall–Kier alpha value is -2.76. The first-order valence-corrected chi connectivity index (χ1v) is 5.61. The molecule has 2 rings (SSSR count). The lowest BCUT2D eigenvalue weighted by Gasteiger charge is -2.06. The Morgan fingerprint density at radius 1 is 1.45 bits per heavy atom. The highest BCUT2D eigenvalue weighted by Crippen LogP contribution is 2.21. The van der Waals surface area contributed by atoms with Gasteiger partial charge in [0.1, 0.15) is 17.5 Å². The van der Waals surface area contributed by atoms with Gasteiger partial charge in [0.25, 0.3) is 0 Å². The topological polar surface area (TPSA) is 91.4 Å². The molecule has 2 aromatic rings. The molecule has 0 aliphatic carbocycles. The monoisotopic (exact) mass is 279 g/mol. The van der Waals surface area contributed by atoms with Crippen molar-refractivity contribution in [1.82, 2.24) is 19.7 Å². The molecule has 2 aromatic heterocycles. The summed E-state index contributed by atoms with van der Waals surface area (Å²) in [5, 5.41) is 18.1. The van der Waals surface area contributed by atoms with Crippen molar-refractivity contribution < 1.29 is 8.78 Å². The first-order valence-electron chi connectivity index (χ1n) is 5.61. The summed E-state index contributed by atoms with van der Waals surface area (Å²) in [5.41, 5.74) is 1.05. The molecule has 0 aliphatic rings. The van der Waals surface area contributed by atoms with Crippen LogP contribution in [0.1, 0.15) is 17.8 Å². The maximum Gasteiger partial charge on any atom is 0.333 e. The van der Waals surface area contributed by atoms with Crippen molar-refractivity contribution in [2.45, 2.75) is 13.5 Å². The number of nitriles is 1. The Bertz CT molecular complexity index is 659. The van der Waals surface area contributed by atoms with Crippen molar-refractivity contribution in [2.75, 3.05) is 17.7 Å². The molecule has 2 heterocycles. The van der Waals surface area contributed by atoms with Crippen LogP contribution in [0.5, 0.6) is 0 Å². The zero-order chi connectivity index (χ0) is 14.7. The molecule has 7 nitrogen and oxygen atoms in total. The highest BCUT2D eigenvalue weighted by Gasteiger charge is 2.13. The zero-order valence-corrected chi connectivity index (χ0v) is 10.7. The van der Waals surface area contributed by atoms with Gasteiger partial charge in [0.05, 0.1) is 23.8 Å². The fourth-order valence-corrected chi connectivity index (χ4v) is 1.54. The first-order chi connectivity index (χ1) is 9.55. The fraction of sp³-hybridized carbons (Fsp3) is 0.273. The van der Waals surface area contributed by atoms with Crippen LogP contribution < -0.4 is 10.6 Å². The molecule has 2 N–H and O–H groups in total. The van der Waals surface area contributed by atoms with E-state index < -0.39 is 6.55 Å². The summed E-state index contributed by atoms with van der Waals surface area (Å²) in [4.78, 5) is 8.01. The second-order valence-electron chi connectivity index (χ2n) is 3.83. The van der Waals surface area contributed by atoms with E-state index in [1.807, 2.05) is 6.07 Å². The minimum Gasteiger partial charge on any atom is -0.372 e. The first kappa shape index (κ1) is 13.7. The minimum atomic E-state index is -2.71. The predicted molar refractivity (Wildman–Crippen MR) is 67.8 cm³/mol. The Morgan fingerprint density at radius 3 is 2.75 bits per heavy atom. The maximum atomic E-state index is 12.5. The third-order valence-electron chi connectivity index (χ3n) is 2.51. The van der Waals surface area contributed by atoms with Gasteiger partial charge >= 0.3 is 6.55 Å². The average molecular weight is 279 g/mol. The summed E-state index contributed by atoms with van der Waals surface area (Å²) in [7, 11) is 1.62. The van der Waals surface area contributed by atoms with E-state index in [0.29, 0.717) is 21.9 Å². The van der Waals surface area contributed by atoms with Crippen molar-refractivity contribution in [2.24, 2.45) is 0 Å². The number of nitrogens with one attached hydrogen (secondary N) is 2. The second-order valence-corrected chi connectivity index (χ2v) is 3.83. The Morgan fingerprint density at radius 2 is 2.20 bits per heavy atom. The van der Waals surface area contributed by atoms with Gasteiger partial charge in [-0.2, -0.15) is 24.1 Å². The van der Waals surface area contributed by atoms with Gasteiger partial charge in [-0.05, 0) is 6.92 Å². The largest absolute Gasteiger partial charge is 0.372 e. The minimum absolute atomic E-state index is 0.185. The number of aromatic nitrogens is 4. The average Bonchev–Trinajstić information content (AvgIpc) is 2.80. The van der Waals surface area contributed by atoms with E-state index in [-0.39, 0.29) is 11.5 Å². The molecule has 104 valence electrons. The van der Waals surface area contributed by atoms with Gasteiger partial charge in [0.2, 0.25) is 5.95 Å². The summed E-state index contributed by atoms with van der Waals surface area (Å²) in [6, 6.07) is 1.94. The highest BCUT2D eigenvalue weighted by molar-refractivity contribution is 5.59. The molecule has 20 heavy (non-hydrogen) atoms. The van der Waals surface area contributed by atoms with E-state index in [1.165, 1.54) is 12.4 Å². The van der Waals surface area contributed by atoms with Gasteiger partial charge < -0.3 is 10.6 Å². The van der Waals surface area contributed by atoms with Crippen LogP contribution in [0.4, 0.5) is 26.2 Å². The van der Waals surface area contributed by atoms with Crippen molar-refractivity contribution in [3.8, 4) is 6.07 Å². The van der Waals surface area contributed by atoms with Crippen LogP contribution in [-0.4, -0.2) is 26.8 Å². The second kappa shape index (κ2) is 5.48. The highest BCUT2D eigenvalue weighted by atomic mass is 19.3. The number of rotatable bonds is 4. The normalized spacial score (nSPS) is 10.4. The molecule has 0 unspecified atom stereocenters. The standard InChI is InChI=1S/C11H11F2N7/c1-6-8(5-20(19-6)10(12)13)17-11-16-4-7(3-14)9(15-2)18-11/h4-5,10H,1-2H3,(H2,15,16,17,18). The van der Waals surface area contributed by atoms with Gasteiger partial charge in [0.15, 0.2) is 0 Å². The van der Waals surface area contributed by atoms with Crippen LogP contribution in [-0.2, 0) is 0 Å². The van der Waals surface area contributed by atoms with E-state index in [4.69, 9.17) is 5.26 Å². The van der Waals surface area contributed by atoms with E-state index in [0.717, 1.165) is 0 Å². The van der Waals surface area contributed by atoms with Gasteiger partial charge in [-0.15, -0.1) is 0 Å². The number of anilines is 3. The van der Waals surface area contributed by atoms with Crippen molar-refractivity contribution in [3.63, 3.8) is 0 Å². The molecular formula is C11H11F2N7. The van der Waals surface area contributed by atoms with E-state index >= 15 is 0 Å². The quantitative estimate of drug-likeness (QED) is 0.889. The van der Waals surface area contributed by atoms with Crippen molar-refractivity contribution in [3.05, 3.63) is 23.7 Å². The van der Waals surface area contributed by atoms with Gasteiger partial charge in [-0.3, -0.25) is 0 Å². The summed E-state index contributed by atoms with van der Waals surface area (Å²) >= 11 is 0. The third kappa shape index (κ3) is 2.64. The summed E-state index contributed by atoms with van der Waals surface area (Å²) in [6.07, 6.45) is 2.51. The van der Waals surface area contributed by atoms with Crippen LogP contribution in [0.3, 0.4) is 0 Å². The maximum absolute atomic E-state index is 12.5. The van der Waals surface area contributed by atoms with Crippen LogP contribution >= 0.6 is 0 Å². The van der Waals surface area contributed by atoms with Gasteiger partial charge in [-0.1, -0.05) is 0 Å². The van der Waals surface area contributed by atoms with E-state index in [2.05, 4.69) is 25.7 Å². The lowest BCUT2D eigenvalue weighted by atomic mass is 10.3. The number of halogens is 2. The Balaban J connectivity index is 2.28. The van der Waals surface area contributed by atoms with E-state index in [1.54, 1.807) is 14.0 Å². The number of alkyl halides is 2. The molecule has 0 amide bonds. The molecule has 0 saturated heterocycles. The summed E-state index contributed by atoms with van der Waals surface area (Å²) < 4.78 is 25.6. The van der Waals surface area contributed by atoms with E-state index in [9.17, 15) is 8.78 Å². The predicted octanol–water partition coefficient (Wildman–Crippen LogP) is 2.03. The van der Waals surface area contributed by atoms with Crippen molar-refractivity contribution in [1.29, 1.82) is 5.26 Å². The third-order valence-corrected chi connectivity index (χ3v) is 2.51. The summed E-state index contributed by atoms with van der Waals surface area (Å²) in [6.45, 7) is -1.12.